The molecule has 0 amide bonds. The maximum Gasteiger partial charge on any atom is 0.229 e. The Hall–Kier alpha value is -1.52. The molecule has 1 aromatic carbocycles. The summed E-state index contributed by atoms with van der Waals surface area (Å²) in [7, 11) is 0. The van der Waals surface area contributed by atoms with Crippen LogP contribution in [-0.4, -0.2) is 23.1 Å². The lowest BCUT2D eigenvalue weighted by Crippen LogP contribution is -2.25. The molecule has 3 rings (SSSR count). The number of hydrogen-bond donors (Lipinski definition) is 1. The van der Waals surface area contributed by atoms with Crippen LogP contribution in [0.1, 0.15) is 31.4 Å². The third-order valence-electron chi connectivity index (χ3n) is 3.95. The predicted octanol–water partition coefficient (Wildman–Crippen LogP) is 5.22. The normalized spacial score (nSPS) is 15.3. The number of rotatable bonds is 3. The number of hydrogen-bond acceptors (Lipinski definition) is 4. The van der Waals surface area contributed by atoms with E-state index in [4.69, 9.17) is 23.2 Å². The van der Waals surface area contributed by atoms with Gasteiger partial charge in [-0.2, -0.15) is 4.98 Å². The molecule has 1 fully saturated rings. The standard InChI is InChI=1S/C17H20Cl2N4/c1-12-10-16(23-8-4-2-3-5-9-23)22-17(20-12)21-15-11-13(18)6-7-14(15)19/h6-7,10-11H,2-5,8-9H2,1H3,(H,20,21,22). The average molecular weight is 351 g/mol. The van der Waals surface area contributed by atoms with E-state index in [2.05, 4.69) is 20.2 Å². The van der Waals surface area contributed by atoms with E-state index >= 15 is 0 Å². The van der Waals surface area contributed by atoms with E-state index < -0.39 is 0 Å². The van der Waals surface area contributed by atoms with Gasteiger partial charge in [-0.3, -0.25) is 0 Å². The Morgan fingerprint density at radius 1 is 1.00 bits per heavy atom. The second-order valence-corrected chi connectivity index (χ2v) is 6.69. The van der Waals surface area contributed by atoms with Crippen molar-refractivity contribution >= 4 is 40.7 Å². The molecule has 0 radical (unpaired) electrons. The summed E-state index contributed by atoms with van der Waals surface area (Å²) < 4.78 is 0. The first-order valence-electron chi connectivity index (χ1n) is 7.94. The molecule has 2 aromatic rings. The topological polar surface area (TPSA) is 41.1 Å². The fourth-order valence-corrected chi connectivity index (χ4v) is 3.12. The van der Waals surface area contributed by atoms with E-state index in [1.165, 1.54) is 25.7 Å². The van der Waals surface area contributed by atoms with Gasteiger partial charge in [-0.05, 0) is 38.0 Å². The fourth-order valence-electron chi connectivity index (χ4n) is 2.78. The van der Waals surface area contributed by atoms with Gasteiger partial charge in [0, 0.05) is 29.9 Å². The molecule has 2 heterocycles. The number of aromatic nitrogens is 2. The third kappa shape index (κ3) is 4.27. The van der Waals surface area contributed by atoms with Gasteiger partial charge in [0.1, 0.15) is 5.82 Å². The lowest BCUT2D eigenvalue weighted by Gasteiger charge is -2.22. The minimum atomic E-state index is 0.549. The number of anilines is 3. The van der Waals surface area contributed by atoms with Gasteiger partial charge in [0.15, 0.2) is 0 Å². The molecule has 1 saturated heterocycles. The van der Waals surface area contributed by atoms with Gasteiger partial charge < -0.3 is 10.2 Å². The van der Waals surface area contributed by atoms with Gasteiger partial charge >= 0.3 is 0 Å². The van der Waals surface area contributed by atoms with Crippen molar-refractivity contribution in [3.8, 4) is 0 Å². The van der Waals surface area contributed by atoms with Crippen molar-refractivity contribution in [1.82, 2.24) is 9.97 Å². The highest BCUT2D eigenvalue weighted by Crippen LogP contribution is 2.28. The molecular weight excluding hydrogens is 331 g/mol. The smallest absolute Gasteiger partial charge is 0.229 e. The Kier molecular flexibility index (Phi) is 5.23. The second-order valence-electron chi connectivity index (χ2n) is 5.84. The average Bonchev–Trinajstić information content (AvgIpc) is 2.79. The number of nitrogens with one attached hydrogen (secondary N) is 1. The molecule has 23 heavy (non-hydrogen) atoms. The number of aryl methyl sites for hydroxylation is 1. The first kappa shape index (κ1) is 16.3. The lowest BCUT2D eigenvalue weighted by atomic mass is 10.2. The van der Waals surface area contributed by atoms with Crippen molar-refractivity contribution in [3.63, 3.8) is 0 Å². The van der Waals surface area contributed by atoms with Crippen LogP contribution in [0.5, 0.6) is 0 Å². The molecule has 6 heteroatoms. The summed E-state index contributed by atoms with van der Waals surface area (Å²) in [6.45, 7) is 4.08. The Morgan fingerprint density at radius 2 is 1.74 bits per heavy atom. The van der Waals surface area contributed by atoms with Gasteiger partial charge in [0.2, 0.25) is 5.95 Å². The van der Waals surface area contributed by atoms with Crippen LogP contribution in [0.2, 0.25) is 10.0 Å². The molecule has 0 unspecified atom stereocenters. The Bertz CT molecular complexity index is 682. The maximum atomic E-state index is 6.21. The van der Waals surface area contributed by atoms with Crippen LogP contribution in [0.3, 0.4) is 0 Å². The van der Waals surface area contributed by atoms with Gasteiger partial charge in [-0.1, -0.05) is 36.0 Å². The molecule has 4 nitrogen and oxygen atoms in total. The van der Waals surface area contributed by atoms with E-state index in [1.807, 2.05) is 13.0 Å². The molecular formula is C17H20Cl2N4. The molecule has 1 aromatic heterocycles. The summed E-state index contributed by atoms with van der Waals surface area (Å²) >= 11 is 12.2. The summed E-state index contributed by atoms with van der Waals surface area (Å²) in [4.78, 5) is 11.5. The van der Waals surface area contributed by atoms with Crippen molar-refractivity contribution < 1.29 is 0 Å². The van der Waals surface area contributed by atoms with Crippen LogP contribution in [0.4, 0.5) is 17.5 Å². The van der Waals surface area contributed by atoms with Crippen LogP contribution < -0.4 is 10.2 Å². The first-order chi connectivity index (χ1) is 11.1. The molecule has 0 bridgehead atoms. The first-order valence-corrected chi connectivity index (χ1v) is 8.70. The highest BCUT2D eigenvalue weighted by atomic mass is 35.5. The zero-order valence-corrected chi connectivity index (χ0v) is 14.7. The highest BCUT2D eigenvalue weighted by Gasteiger charge is 2.13. The van der Waals surface area contributed by atoms with Gasteiger partial charge in [0.25, 0.3) is 0 Å². The molecule has 0 atom stereocenters. The monoisotopic (exact) mass is 350 g/mol. The van der Waals surface area contributed by atoms with Crippen LogP contribution in [-0.2, 0) is 0 Å². The summed E-state index contributed by atoms with van der Waals surface area (Å²) in [5.74, 6) is 1.52. The van der Waals surface area contributed by atoms with Crippen LogP contribution in [0, 0.1) is 6.92 Å². The van der Waals surface area contributed by atoms with Crippen LogP contribution in [0.15, 0.2) is 24.3 Å². The molecule has 0 saturated carbocycles. The molecule has 0 aliphatic carbocycles. The summed E-state index contributed by atoms with van der Waals surface area (Å²) in [5, 5.41) is 4.40. The molecule has 1 aliphatic rings. The maximum absolute atomic E-state index is 6.21. The van der Waals surface area contributed by atoms with E-state index in [0.717, 1.165) is 24.6 Å². The van der Waals surface area contributed by atoms with Crippen LogP contribution in [0.25, 0.3) is 0 Å². The molecule has 1 aliphatic heterocycles. The van der Waals surface area contributed by atoms with E-state index in [9.17, 15) is 0 Å². The Labute approximate surface area is 146 Å². The van der Waals surface area contributed by atoms with E-state index in [0.29, 0.717) is 21.7 Å². The van der Waals surface area contributed by atoms with Crippen molar-refractivity contribution in [2.75, 3.05) is 23.3 Å². The number of nitrogens with zero attached hydrogens (tertiary/aromatic N) is 3. The van der Waals surface area contributed by atoms with Crippen molar-refractivity contribution in [2.24, 2.45) is 0 Å². The third-order valence-corrected chi connectivity index (χ3v) is 4.51. The number of halogens is 2. The highest BCUT2D eigenvalue weighted by molar-refractivity contribution is 6.35. The SMILES string of the molecule is Cc1cc(N2CCCCCC2)nc(Nc2cc(Cl)ccc2Cl)n1. The van der Waals surface area contributed by atoms with Gasteiger partial charge in [0.05, 0.1) is 10.7 Å². The van der Waals surface area contributed by atoms with Gasteiger partial charge in [-0.15, -0.1) is 0 Å². The van der Waals surface area contributed by atoms with Crippen molar-refractivity contribution in [3.05, 3.63) is 40.0 Å². The number of benzene rings is 1. The largest absolute Gasteiger partial charge is 0.356 e. The minimum absolute atomic E-state index is 0.549. The van der Waals surface area contributed by atoms with E-state index in [1.54, 1.807) is 18.2 Å². The molecule has 122 valence electrons. The summed E-state index contributed by atoms with van der Waals surface area (Å²) in [5.41, 5.74) is 1.64. The van der Waals surface area contributed by atoms with Crippen molar-refractivity contribution in [1.29, 1.82) is 0 Å². The quantitative estimate of drug-likeness (QED) is 0.824. The lowest BCUT2D eigenvalue weighted by molar-refractivity contribution is 0.726. The van der Waals surface area contributed by atoms with Gasteiger partial charge in [-0.25, -0.2) is 4.98 Å². The molecule has 1 N–H and O–H groups in total. The van der Waals surface area contributed by atoms with E-state index in [-0.39, 0.29) is 0 Å². The molecule has 0 spiro atoms. The Morgan fingerprint density at radius 3 is 2.48 bits per heavy atom. The minimum Gasteiger partial charge on any atom is -0.356 e. The zero-order valence-electron chi connectivity index (χ0n) is 13.1. The van der Waals surface area contributed by atoms with Crippen molar-refractivity contribution in [2.45, 2.75) is 32.6 Å². The van der Waals surface area contributed by atoms with Crippen LogP contribution >= 0.6 is 23.2 Å². The summed E-state index contributed by atoms with van der Waals surface area (Å²) in [6.07, 6.45) is 5.02. The Balaban J connectivity index is 1.86. The fraction of sp³-hybridized carbons (Fsp3) is 0.412. The zero-order chi connectivity index (χ0) is 16.2. The second kappa shape index (κ2) is 7.37. The summed E-state index contributed by atoms with van der Waals surface area (Å²) in [6, 6.07) is 7.34. The predicted molar refractivity (Wildman–Crippen MR) is 97.2 cm³/mol.